The molecule has 0 atom stereocenters. The third kappa shape index (κ3) is 5.13. The molecule has 1 fully saturated rings. The second-order valence-electron chi connectivity index (χ2n) is 6.43. The maximum absolute atomic E-state index is 12.6. The van der Waals surface area contributed by atoms with Gasteiger partial charge in [-0.2, -0.15) is 0 Å². The number of ether oxygens (including phenoxy) is 2. The monoisotopic (exact) mass is 389 g/mol. The Kier molecular flexibility index (Phi) is 6.55. The molecular weight excluding hydrogens is 366 g/mol. The Morgan fingerprint density at radius 2 is 1.96 bits per heavy atom. The Hall–Kier alpha value is -2.28. The van der Waals surface area contributed by atoms with Gasteiger partial charge < -0.3 is 20.5 Å². The zero-order valence-corrected chi connectivity index (χ0v) is 16.1. The molecular formula is C20H24ClN3O3. The van der Waals surface area contributed by atoms with Gasteiger partial charge in [-0.1, -0.05) is 23.7 Å². The predicted molar refractivity (Wildman–Crippen MR) is 108 cm³/mol. The van der Waals surface area contributed by atoms with E-state index in [1.807, 2.05) is 24.3 Å². The number of nitrogen functional groups attached to an aromatic ring is 1. The van der Waals surface area contributed by atoms with E-state index >= 15 is 0 Å². The molecule has 3 N–H and O–H groups in total. The number of hydrogen-bond acceptors (Lipinski definition) is 5. The summed E-state index contributed by atoms with van der Waals surface area (Å²) in [6.45, 7) is 4.60. The maximum atomic E-state index is 12.6. The van der Waals surface area contributed by atoms with E-state index < -0.39 is 0 Å². The first-order chi connectivity index (χ1) is 13.1. The quantitative estimate of drug-likeness (QED) is 0.742. The van der Waals surface area contributed by atoms with Gasteiger partial charge in [0.15, 0.2) is 0 Å². The van der Waals surface area contributed by atoms with E-state index in [4.69, 9.17) is 26.8 Å². The molecule has 0 bridgehead atoms. The standard InChI is InChI=1S/C20H24ClN3O3/c1-26-19-13-18(22)17(21)12-16(19)20(25)23-15-4-2-14(3-5-15)6-7-24-8-10-27-11-9-24/h2-5,12-13H,6-11,22H2,1H3,(H,23,25). The first-order valence-corrected chi connectivity index (χ1v) is 9.28. The van der Waals surface area contributed by atoms with E-state index in [9.17, 15) is 4.79 Å². The van der Waals surface area contributed by atoms with Gasteiger partial charge in [0.25, 0.3) is 5.91 Å². The summed E-state index contributed by atoms with van der Waals surface area (Å²) in [5.41, 5.74) is 8.42. The summed E-state index contributed by atoms with van der Waals surface area (Å²) in [4.78, 5) is 15.0. The average molecular weight is 390 g/mol. The van der Waals surface area contributed by atoms with Gasteiger partial charge in [0.2, 0.25) is 0 Å². The number of anilines is 2. The van der Waals surface area contributed by atoms with Crippen LogP contribution in [0.25, 0.3) is 0 Å². The van der Waals surface area contributed by atoms with E-state index in [-0.39, 0.29) is 5.91 Å². The van der Waals surface area contributed by atoms with Crippen molar-refractivity contribution in [2.75, 3.05) is 51.0 Å². The number of carbonyl (C=O) groups is 1. The first-order valence-electron chi connectivity index (χ1n) is 8.90. The molecule has 1 saturated heterocycles. The number of nitrogens with two attached hydrogens (primary N) is 1. The molecule has 0 spiro atoms. The highest BCUT2D eigenvalue weighted by molar-refractivity contribution is 6.33. The van der Waals surface area contributed by atoms with Crippen molar-refractivity contribution in [3.05, 3.63) is 52.5 Å². The summed E-state index contributed by atoms with van der Waals surface area (Å²) in [5, 5.41) is 3.19. The Morgan fingerprint density at radius 3 is 2.63 bits per heavy atom. The number of nitrogens with zero attached hydrogens (tertiary/aromatic N) is 1. The number of rotatable bonds is 6. The molecule has 1 aliphatic heterocycles. The zero-order valence-electron chi connectivity index (χ0n) is 15.3. The van der Waals surface area contributed by atoms with Crippen molar-refractivity contribution in [1.82, 2.24) is 4.90 Å². The molecule has 144 valence electrons. The van der Waals surface area contributed by atoms with E-state index in [2.05, 4.69) is 10.2 Å². The fraction of sp³-hybridized carbons (Fsp3) is 0.350. The molecule has 2 aromatic rings. The van der Waals surface area contributed by atoms with Crippen molar-refractivity contribution in [3.8, 4) is 5.75 Å². The van der Waals surface area contributed by atoms with Gasteiger partial charge in [0.1, 0.15) is 5.75 Å². The summed E-state index contributed by atoms with van der Waals surface area (Å²) in [6, 6.07) is 10.9. The summed E-state index contributed by atoms with van der Waals surface area (Å²) in [7, 11) is 1.49. The molecule has 6 nitrogen and oxygen atoms in total. The largest absolute Gasteiger partial charge is 0.496 e. The first kappa shape index (κ1) is 19.5. The second kappa shape index (κ2) is 9.08. The average Bonchev–Trinajstić information content (AvgIpc) is 2.70. The van der Waals surface area contributed by atoms with Gasteiger partial charge in [-0.25, -0.2) is 0 Å². The van der Waals surface area contributed by atoms with Gasteiger partial charge in [0, 0.05) is 31.4 Å². The molecule has 27 heavy (non-hydrogen) atoms. The number of benzene rings is 2. The lowest BCUT2D eigenvalue weighted by molar-refractivity contribution is 0.0384. The van der Waals surface area contributed by atoms with Crippen LogP contribution in [-0.2, 0) is 11.2 Å². The number of nitrogens with one attached hydrogen (secondary N) is 1. The fourth-order valence-corrected chi connectivity index (χ4v) is 3.14. The Labute approximate surface area is 164 Å². The van der Waals surface area contributed by atoms with E-state index in [0.29, 0.717) is 27.7 Å². The van der Waals surface area contributed by atoms with Gasteiger partial charge in [0.05, 0.1) is 36.6 Å². The van der Waals surface area contributed by atoms with E-state index in [0.717, 1.165) is 39.3 Å². The van der Waals surface area contributed by atoms with Crippen LogP contribution in [0.4, 0.5) is 11.4 Å². The topological polar surface area (TPSA) is 76.8 Å². The van der Waals surface area contributed by atoms with Crippen LogP contribution < -0.4 is 15.8 Å². The summed E-state index contributed by atoms with van der Waals surface area (Å²) in [5.74, 6) is 0.0892. The molecule has 1 aliphatic rings. The molecule has 3 rings (SSSR count). The van der Waals surface area contributed by atoms with Crippen molar-refractivity contribution in [2.45, 2.75) is 6.42 Å². The Morgan fingerprint density at radius 1 is 1.26 bits per heavy atom. The van der Waals surface area contributed by atoms with Crippen LogP contribution in [0.5, 0.6) is 5.75 Å². The Balaban J connectivity index is 1.61. The summed E-state index contributed by atoms with van der Waals surface area (Å²) in [6.07, 6.45) is 0.968. The van der Waals surface area contributed by atoms with Gasteiger partial charge in [-0.3, -0.25) is 9.69 Å². The van der Waals surface area contributed by atoms with Gasteiger partial charge in [-0.15, -0.1) is 0 Å². The predicted octanol–water partition coefficient (Wildman–Crippen LogP) is 3.06. The van der Waals surface area contributed by atoms with Crippen LogP contribution >= 0.6 is 11.6 Å². The highest BCUT2D eigenvalue weighted by Gasteiger charge is 2.15. The Bertz CT molecular complexity index is 790. The molecule has 0 radical (unpaired) electrons. The van der Waals surface area contributed by atoms with Crippen LogP contribution in [0.15, 0.2) is 36.4 Å². The van der Waals surface area contributed by atoms with Crippen LogP contribution in [-0.4, -0.2) is 50.8 Å². The summed E-state index contributed by atoms with van der Waals surface area (Å²) < 4.78 is 10.6. The molecule has 0 aliphatic carbocycles. The highest BCUT2D eigenvalue weighted by atomic mass is 35.5. The van der Waals surface area contributed by atoms with Crippen LogP contribution in [0.1, 0.15) is 15.9 Å². The van der Waals surface area contributed by atoms with Crippen LogP contribution in [0.2, 0.25) is 5.02 Å². The van der Waals surface area contributed by atoms with Crippen LogP contribution in [0.3, 0.4) is 0 Å². The number of morpholine rings is 1. The number of hydrogen-bond donors (Lipinski definition) is 2. The minimum atomic E-state index is -0.296. The second-order valence-corrected chi connectivity index (χ2v) is 6.84. The third-order valence-corrected chi connectivity index (χ3v) is 4.92. The van der Waals surface area contributed by atoms with Crippen molar-refractivity contribution in [2.24, 2.45) is 0 Å². The van der Waals surface area contributed by atoms with Crippen molar-refractivity contribution in [3.63, 3.8) is 0 Å². The normalized spacial score (nSPS) is 14.7. The number of halogens is 1. The fourth-order valence-electron chi connectivity index (χ4n) is 2.98. The van der Waals surface area contributed by atoms with Crippen LogP contribution in [0, 0.1) is 0 Å². The molecule has 2 aromatic carbocycles. The zero-order chi connectivity index (χ0) is 19.2. The van der Waals surface area contributed by atoms with Crippen molar-refractivity contribution < 1.29 is 14.3 Å². The van der Waals surface area contributed by atoms with Gasteiger partial charge >= 0.3 is 0 Å². The molecule has 1 amide bonds. The number of methoxy groups -OCH3 is 1. The smallest absolute Gasteiger partial charge is 0.259 e. The lowest BCUT2D eigenvalue weighted by Gasteiger charge is -2.26. The van der Waals surface area contributed by atoms with E-state index in [1.165, 1.54) is 18.7 Å². The maximum Gasteiger partial charge on any atom is 0.259 e. The third-order valence-electron chi connectivity index (χ3n) is 4.60. The lowest BCUT2D eigenvalue weighted by atomic mass is 10.1. The molecule has 7 heteroatoms. The molecule has 0 unspecified atom stereocenters. The minimum Gasteiger partial charge on any atom is -0.496 e. The molecule has 0 aromatic heterocycles. The highest BCUT2D eigenvalue weighted by Crippen LogP contribution is 2.29. The molecule has 1 heterocycles. The van der Waals surface area contributed by atoms with E-state index in [1.54, 1.807) is 6.07 Å². The summed E-state index contributed by atoms with van der Waals surface area (Å²) >= 11 is 6.04. The molecule has 0 saturated carbocycles. The van der Waals surface area contributed by atoms with Gasteiger partial charge in [-0.05, 0) is 30.2 Å². The van der Waals surface area contributed by atoms with Crippen molar-refractivity contribution in [1.29, 1.82) is 0 Å². The number of carbonyl (C=O) groups excluding carboxylic acids is 1. The van der Waals surface area contributed by atoms with Crippen molar-refractivity contribution >= 4 is 28.9 Å². The SMILES string of the molecule is COc1cc(N)c(Cl)cc1C(=O)Nc1ccc(CCN2CCOCC2)cc1. The lowest BCUT2D eigenvalue weighted by Crippen LogP contribution is -2.37. The number of amides is 1. The minimum absolute atomic E-state index is 0.296.